The molecule has 9 nitrogen and oxygen atoms in total. The van der Waals surface area contributed by atoms with Gasteiger partial charge in [0, 0.05) is 12.6 Å². The lowest BCUT2D eigenvalue weighted by atomic mass is 10.1. The molecular formula is C20H17F4N7O2. The van der Waals surface area contributed by atoms with Crippen LogP contribution in [0.3, 0.4) is 0 Å². The van der Waals surface area contributed by atoms with Gasteiger partial charge in [-0.2, -0.15) is 23.3 Å². The fourth-order valence-corrected chi connectivity index (χ4v) is 3.11. The summed E-state index contributed by atoms with van der Waals surface area (Å²) in [7, 11) is 2.89. The Kier molecular flexibility index (Phi) is 5.62. The van der Waals surface area contributed by atoms with Crippen molar-refractivity contribution in [3.8, 4) is 17.1 Å². The number of nitrogens with one attached hydrogen (secondary N) is 3. The SMILES string of the molecule is COc1cc(-c2nc(Nc3ccc4[nH]ncc4c3F)n(C)n2)ccc1C(=O)NCC(F)(F)F. The lowest BCUT2D eigenvalue weighted by Gasteiger charge is -2.11. The summed E-state index contributed by atoms with van der Waals surface area (Å²) in [5.41, 5.74) is 1.08. The van der Waals surface area contributed by atoms with E-state index in [0.717, 1.165) is 0 Å². The summed E-state index contributed by atoms with van der Waals surface area (Å²) in [6, 6.07) is 7.41. The molecule has 2 aromatic carbocycles. The topological polar surface area (TPSA) is 110 Å². The van der Waals surface area contributed by atoms with Gasteiger partial charge in [-0.15, -0.1) is 5.10 Å². The molecule has 0 radical (unpaired) electrons. The summed E-state index contributed by atoms with van der Waals surface area (Å²) in [6.45, 7) is -1.46. The molecule has 0 spiro atoms. The van der Waals surface area contributed by atoms with Crippen molar-refractivity contribution in [2.45, 2.75) is 6.18 Å². The number of aromatic nitrogens is 5. The second-order valence-electron chi connectivity index (χ2n) is 6.98. The third-order valence-corrected chi connectivity index (χ3v) is 4.72. The first-order valence-corrected chi connectivity index (χ1v) is 9.49. The van der Waals surface area contributed by atoms with Crippen LogP contribution in [0.1, 0.15) is 10.4 Å². The fourth-order valence-electron chi connectivity index (χ4n) is 3.11. The number of fused-ring (bicyclic) bond motifs is 1. The summed E-state index contributed by atoms with van der Waals surface area (Å²) in [6.07, 6.45) is -3.16. The number of methoxy groups -OCH3 is 1. The lowest BCUT2D eigenvalue weighted by molar-refractivity contribution is -0.123. The Labute approximate surface area is 183 Å². The third kappa shape index (κ3) is 4.56. The number of rotatable bonds is 6. The standard InChI is InChI=1S/C20H17F4N7O2/c1-31-19(27-14-6-5-13-12(16(14)21)8-26-29-13)28-17(30-31)10-3-4-11(15(7-10)33-2)18(32)25-9-20(22,23)24/h3-8H,9H2,1-2H3,(H,25,32)(H,26,29)(H,27,28,30). The van der Waals surface area contributed by atoms with Crippen molar-refractivity contribution in [1.29, 1.82) is 0 Å². The minimum atomic E-state index is -4.54. The second-order valence-corrected chi connectivity index (χ2v) is 6.98. The van der Waals surface area contributed by atoms with Crippen LogP contribution in [0.15, 0.2) is 36.5 Å². The first kappa shape index (κ1) is 22.0. The Balaban J connectivity index is 1.59. The Morgan fingerprint density at radius 3 is 2.76 bits per heavy atom. The van der Waals surface area contributed by atoms with Crippen LogP contribution in [-0.4, -0.2) is 50.7 Å². The van der Waals surface area contributed by atoms with E-state index in [1.807, 2.05) is 0 Å². The molecule has 172 valence electrons. The van der Waals surface area contributed by atoms with E-state index in [-0.39, 0.29) is 28.8 Å². The Hall–Kier alpha value is -4.16. The lowest BCUT2D eigenvalue weighted by Crippen LogP contribution is -2.33. The van der Waals surface area contributed by atoms with Gasteiger partial charge in [0.2, 0.25) is 5.95 Å². The molecule has 13 heteroatoms. The summed E-state index contributed by atoms with van der Waals surface area (Å²) < 4.78 is 58.4. The summed E-state index contributed by atoms with van der Waals surface area (Å²) in [5.74, 6) is -0.937. The highest BCUT2D eigenvalue weighted by Gasteiger charge is 2.28. The van der Waals surface area contributed by atoms with Crippen LogP contribution in [0.5, 0.6) is 5.75 Å². The Morgan fingerprint density at radius 1 is 1.24 bits per heavy atom. The van der Waals surface area contributed by atoms with Crippen molar-refractivity contribution in [3.63, 3.8) is 0 Å². The van der Waals surface area contributed by atoms with E-state index >= 15 is 0 Å². The molecule has 0 fully saturated rings. The van der Waals surface area contributed by atoms with Gasteiger partial charge in [0.15, 0.2) is 11.6 Å². The number of aryl methyl sites for hydroxylation is 1. The first-order chi connectivity index (χ1) is 15.7. The average molecular weight is 463 g/mol. The number of hydrogen-bond donors (Lipinski definition) is 3. The van der Waals surface area contributed by atoms with E-state index in [1.165, 1.54) is 42.3 Å². The number of amides is 1. The van der Waals surface area contributed by atoms with Gasteiger partial charge < -0.3 is 15.4 Å². The molecule has 33 heavy (non-hydrogen) atoms. The van der Waals surface area contributed by atoms with E-state index in [0.29, 0.717) is 16.5 Å². The van der Waals surface area contributed by atoms with E-state index < -0.39 is 24.4 Å². The number of H-pyrrole nitrogens is 1. The van der Waals surface area contributed by atoms with Gasteiger partial charge in [-0.1, -0.05) is 6.07 Å². The molecule has 0 saturated carbocycles. The van der Waals surface area contributed by atoms with E-state index in [2.05, 4.69) is 25.6 Å². The molecule has 2 aromatic heterocycles. The van der Waals surface area contributed by atoms with Crippen LogP contribution in [0.2, 0.25) is 0 Å². The number of hydrogen-bond acceptors (Lipinski definition) is 6. The van der Waals surface area contributed by atoms with E-state index in [1.54, 1.807) is 18.4 Å². The van der Waals surface area contributed by atoms with Crippen LogP contribution in [0.25, 0.3) is 22.3 Å². The van der Waals surface area contributed by atoms with Crippen LogP contribution >= 0.6 is 0 Å². The number of benzene rings is 2. The molecule has 0 aliphatic heterocycles. The summed E-state index contributed by atoms with van der Waals surface area (Å²) in [5, 5.41) is 15.7. The number of carbonyl (C=O) groups is 1. The number of aromatic amines is 1. The molecule has 0 aliphatic carbocycles. The van der Waals surface area contributed by atoms with E-state index in [9.17, 15) is 22.4 Å². The highest BCUT2D eigenvalue weighted by molar-refractivity contribution is 5.97. The molecule has 3 N–H and O–H groups in total. The highest BCUT2D eigenvalue weighted by atomic mass is 19.4. The van der Waals surface area contributed by atoms with Crippen molar-refractivity contribution in [3.05, 3.63) is 47.9 Å². The van der Waals surface area contributed by atoms with Gasteiger partial charge >= 0.3 is 6.18 Å². The molecule has 2 heterocycles. The van der Waals surface area contributed by atoms with Crippen molar-refractivity contribution < 1.29 is 27.1 Å². The van der Waals surface area contributed by atoms with Crippen LogP contribution in [-0.2, 0) is 7.05 Å². The Bertz CT molecular complexity index is 1330. The van der Waals surface area contributed by atoms with E-state index in [4.69, 9.17) is 4.74 Å². The first-order valence-electron chi connectivity index (χ1n) is 9.49. The molecule has 0 atom stereocenters. The van der Waals surface area contributed by atoms with Crippen LogP contribution < -0.4 is 15.4 Å². The molecule has 4 rings (SSSR count). The van der Waals surface area contributed by atoms with Crippen molar-refractivity contribution in [1.82, 2.24) is 30.3 Å². The normalized spacial score (nSPS) is 11.6. The average Bonchev–Trinajstić information content (AvgIpc) is 3.40. The molecule has 0 aliphatic rings. The Morgan fingerprint density at radius 2 is 2.03 bits per heavy atom. The maximum Gasteiger partial charge on any atom is 0.405 e. The zero-order valence-corrected chi connectivity index (χ0v) is 17.3. The van der Waals surface area contributed by atoms with Gasteiger partial charge in [-0.3, -0.25) is 9.89 Å². The molecule has 4 aromatic rings. The van der Waals surface area contributed by atoms with Gasteiger partial charge in [0.25, 0.3) is 5.91 Å². The smallest absolute Gasteiger partial charge is 0.405 e. The molecule has 1 amide bonds. The quantitative estimate of drug-likeness (QED) is 0.378. The highest BCUT2D eigenvalue weighted by Crippen LogP contribution is 2.29. The van der Waals surface area contributed by atoms with Gasteiger partial charge in [0.1, 0.15) is 12.3 Å². The predicted octanol–water partition coefficient (Wildman–Crippen LogP) is 3.54. The number of carbonyl (C=O) groups excluding carboxylic acids is 1. The number of alkyl halides is 3. The third-order valence-electron chi connectivity index (χ3n) is 4.72. The van der Waals surface area contributed by atoms with Gasteiger partial charge in [-0.25, -0.2) is 9.07 Å². The second kappa shape index (κ2) is 8.41. The zero-order valence-electron chi connectivity index (χ0n) is 17.3. The van der Waals surface area contributed by atoms with Crippen LogP contribution in [0, 0.1) is 5.82 Å². The number of anilines is 2. The van der Waals surface area contributed by atoms with Gasteiger partial charge in [-0.05, 0) is 24.3 Å². The molecule has 0 saturated heterocycles. The largest absolute Gasteiger partial charge is 0.496 e. The van der Waals surface area contributed by atoms with Crippen LogP contribution in [0.4, 0.5) is 29.2 Å². The van der Waals surface area contributed by atoms with Crippen molar-refractivity contribution in [2.24, 2.45) is 7.05 Å². The maximum atomic E-state index is 14.7. The molecule has 0 bridgehead atoms. The number of ether oxygens (including phenoxy) is 1. The van der Waals surface area contributed by atoms with Gasteiger partial charge in [0.05, 0.1) is 35.5 Å². The summed E-state index contributed by atoms with van der Waals surface area (Å²) in [4.78, 5) is 16.5. The molecule has 0 unspecified atom stereocenters. The monoisotopic (exact) mass is 463 g/mol. The predicted molar refractivity (Wildman–Crippen MR) is 111 cm³/mol. The van der Waals surface area contributed by atoms with Crippen molar-refractivity contribution in [2.75, 3.05) is 19.0 Å². The minimum absolute atomic E-state index is 0.0468. The van der Waals surface area contributed by atoms with Crippen molar-refractivity contribution >= 4 is 28.4 Å². The number of nitrogens with zero attached hydrogens (tertiary/aromatic N) is 4. The zero-order chi connectivity index (χ0) is 23.8. The fraction of sp³-hybridized carbons (Fsp3) is 0.200. The summed E-state index contributed by atoms with van der Waals surface area (Å²) >= 11 is 0. The maximum absolute atomic E-state index is 14.7. The number of halogens is 4. The molecular weight excluding hydrogens is 446 g/mol. The minimum Gasteiger partial charge on any atom is -0.496 e.